The molecule has 0 aliphatic carbocycles. The Morgan fingerprint density at radius 3 is 2.59 bits per heavy atom. The number of hydrogen-bond donors (Lipinski definition) is 0. The topological polar surface area (TPSA) is 47.9 Å². The predicted molar refractivity (Wildman–Crippen MR) is 112 cm³/mol. The highest BCUT2D eigenvalue weighted by atomic mass is 79.9. The van der Waals surface area contributed by atoms with E-state index in [2.05, 4.69) is 20.9 Å². The van der Waals surface area contributed by atoms with Crippen molar-refractivity contribution < 1.29 is 18.7 Å². The van der Waals surface area contributed by atoms with Crippen LogP contribution < -0.4 is 4.74 Å². The molecule has 0 fully saturated rings. The zero-order chi connectivity index (χ0) is 20.2. The van der Waals surface area contributed by atoms with Gasteiger partial charge in [0.15, 0.2) is 5.70 Å². The maximum atomic E-state index is 13.9. The lowest BCUT2D eigenvalue weighted by Crippen LogP contribution is -2.05. The van der Waals surface area contributed by atoms with Crippen molar-refractivity contribution in [3.8, 4) is 5.75 Å². The van der Waals surface area contributed by atoms with Gasteiger partial charge in [0.1, 0.15) is 18.2 Å². The van der Waals surface area contributed by atoms with Crippen molar-refractivity contribution in [2.45, 2.75) is 6.61 Å². The van der Waals surface area contributed by atoms with Gasteiger partial charge in [0, 0.05) is 21.2 Å². The quantitative estimate of drug-likeness (QED) is 0.379. The van der Waals surface area contributed by atoms with Gasteiger partial charge in [-0.05, 0) is 42.5 Å². The van der Waals surface area contributed by atoms with Gasteiger partial charge in [0.2, 0.25) is 5.90 Å². The smallest absolute Gasteiger partial charge is 0.363 e. The van der Waals surface area contributed by atoms with Gasteiger partial charge < -0.3 is 9.47 Å². The fourth-order valence-corrected chi connectivity index (χ4v) is 3.17. The first-order valence-corrected chi connectivity index (χ1v) is 9.63. The van der Waals surface area contributed by atoms with Crippen LogP contribution in [0.15, 0.2) is 88.0 Å². The molecule has 3 aromatic carbocycles. The minimum absolute atomic E-state index is 0.0630. The number of carbonyl (C=O) groups is 1. The number of aliphatic imine (C=N–C) groups is 1. The number of ether oxygens (including phenoxy) is 2. The Hall–Kier alpha value is -3.25. The summed E-state index contributed by atoms with van der Waals surface area (Å²) in [6, 6.07) is 21.0. The monoisotopic (exact) mass is 451 g/mol. The highest BCUT2D eigenvalue weighted by Crippen LogP contribution is 2.28. The van der Waals surface area contributed by atoms with E-state index in [1.807, 2.05) is 36.4 Å². The largest absolute Gasteiger partial charge is 0.488 e. The average Bonchev–Trinajstić information content (AvgIpc) is 3.09. The first-order chi connectivity index (χ1) is 14.1. The first kappa shape index (κ1) is 19.1. The van der Waals surface area contributed by atoms with Gasteiger partial charge in [-0.1, -0.05) is 52.3 Å². The van der Waals surface area contributed by atoms with Gasteiger partial charge >= 0.3 is 5.97 Å². The van der Waals surface area contributed by atoms with Gasteiger partial charge in [-0.15, -0.1) is 0 Å². The number of rotatable bonds is 5. The van der Waals surface area contributed by atoms with Crippen molar-refractivity contribution in [1.29, 1.82) is 0 Å². The molecular formula is C23H15BrFNO3. The van der Waals surface area contributed by atoms with Gasteiger partial charge in [-0.25, -0.2) is 14.2 Å². The Bertz CT molecular complexity index is 1130. The Morgan fingerprint density at radius 1 is 1.03 bits per heavy atom. The summed E-state index contributed by atoms with van der Waals surface area (Å²) >= 11 is 3.42. The summed E-state index contributed by atoms with van der Waals surface area (Å²) in [5.41, 5.74) is 1.95. The van der Waals surface area contributed by atoms with Gasteiger partial charge in [0.05, 0.1) is 0 Å². The lowest BCUT2D eigenvalue weighted by molar-refractivity contribution is -0.129. The zero-order valence-corrected chi connectivity index (χ0v) is 16.7. The third-order valence-electron chi connectivity index (χ3n) is 4.25. The second kappa shape index (κ2) is 8.41. The highest BCUT2D eigenvalue weighted by molar-refractivity contribution is 9.10. The normalized spacial score (nSPS) is 14.6. The van der Waals surface area contributed by atoms with Crippen LogP contribution in [-0.4, -0.2) is 11.9 Å². The summed E-state index contributed by atoms with van der Waals surface area (Å²) in [6.07, 6.45) is 1.60. The standard InChI is InChI=1S/C23H15BrFNO3/c24-18-10-11-21(28-14-16-8-4-5-9-19(16)25)17(12-18)13-20-23(27)29-22(26-20)15-6-2-1-3-7-15/h1-13H,14H2/b20-13+. The van der Waals surface area contributed by atoms with Gasteiger partial charge in [-0.3, -0.25) is 0 Å². The van der Waals surface area contributed by atoms with Crippen molar-refractivity contribution in [1.82, 2.24) is 0 Å². The molecular weight excluding hydrogens is 437 g/mol. The summed E-state index contributed by atoms with van der Waals surface area (Å²) in [5, 5.41) is 0. The fourth-order valence-electron chi connectivity index (χ4n) is 2.80. The Morgan fingerprint density at radius 2 is 1.79 bits per heavy atom. The number of benzene rings is 3. The van der Waals surface area contributed by atoms with Crippen molar-refractivity contribution in [3.63, 3.8) is 0 Å². The lowest BCUT2D eigenvalue weighted by Gasteiger charge is -2.10. The molecule has 1 heterocycles. The SMILES string of the molecule is O=C1OC(c2ccccc2)=N/C1=C/c1cc(Br)ccc1OCc1ccccc1F. The molecule has 4 rings (SSSR count). The van der Waals surface area contributed by atoms with Crippen molar-refractivity contribution in [2.24, 2.45) is 4.99 Å². The van der Waals surface area contributed by atoms with E-state index in [1.165, 1.54) is 6.07 Å². The summed E-state index contributed by atoms with van der Waals surface area (Å²) in [5.74, 6) is -0.115. The molecule has 0 N–H and O–H groups in total. The molecule has 0 saturated carbocycles. The molecule has 0 saturated heterocycles. The summed E-state index contributed by atoms with van der Waals surface area (Å²) in [6.45, 7) is 0.0630. The average molecular weight is 452 g/mol. The zero-order valence-electron chi connectivity index (χ0n) is 15.1. The molecule has 29 heavy (non-hydrogen) atoms. The molecule has 0 spiro atoms. The molecule has 6 heteroatoms. The van der Waals surface area contributed by atoms with E-state index in [0.717, 1.165) is 10.0 Å². The van der Waals surface area contributed by atoms with E-state index in [0.29, 0.717) is 16.9 Å². The second-order valence-corrected chi connectivity index (χ2v) is 7.18. The molecule has 0 amide bonds. The molecule has 1 aliphatic rings. The highest BCUT2D eigenvalue weighted by Gasteiger charge is 2.24. The van der Waals surface area contributed by atoms with Crippen LogP contribution in [0.1, 0.15) is 16.7 Å². The summed E-state index contributed by atoms with van der Waals surface area (Å²) in [7, 11) is 0. The maximum absolute atomic E-state index is 13.9. The molecule has 3 aromatic rings. The number of carbonyl (C=O) groups excluding carboxylic acids is 1. The molecule has 0 bridgehead atoms. The Labute approximate surface area is 175 Å². The molecule has 144 valence electrons. The third kappa shape index (κ3) is 4.43. The van der Waals surface area contributed by atoms with Crippen molar-refractivity contribution >= 4 is 33.9 Å². The molecule has 0 aromatic heterocycles. The van der Waals surface area contributed by atoms with E-state index in [9.17, 15) is 9.18 Å². The van der Waals surface area contributed by atoms with Gasteiger partial charge in [0.25, 0.3) is 0 Å². The minimum Gasteiger partial charge on any atom is -0.488 e. The summed E-state index contributed by atoms with van der Waals surface area (Å²) in [4.78, 5) is 16.6. The van der Waals surface area contributed by atoms with Crippen LogP contribution in [-0.2, 0) is 16.1 Å². The molecule has 0 atom stereocenters. The molecule has 4 nitrogen and oxygen atoms in total. The van der Waals surface area contributed by atoms with Crippen LogP contribution in [0.5, 0.6) is 5.75 Å². The number of nitrogens with zero attached hydrogens (tertiary/aromatic N) is 1. The van der Waals surface area contributed by atoms with Crippen LogP contribution in [0, 0.1) is 5.82 Å². The Kier molecular flexibility index (Phi) is 5.53. The molecule has 1 aliphatic heterocycles. The van der Waals surface area contributed by atoms with Crippen LogP contribution in [0.4, 0.5) is 4.39 Å². The number of halogens is 2. The van der Waals surface area contributed by atoms with E-state index in [4.69, 9.17) is 9.47 Å². The first-order valence-electron chi connectivity index (χ1n) is 8.84. The molecule has 0 radical (unpaired) electrons. The second-order valence-electron chi connectivity index (χ2n) is 6.26. The Balaban J connectivity index is 1.63. The van der Waals surface area contributed by atoms with Crippen LogP contribution in [0.3, 0.4) is 0 Å². The van der Waals surface area contributed by atoms with Gasteiger partial charge in [-0.2, -0.15) is 0 Å². The van der Waals surface area contributed by atoms with Crippen LogP contribution >= 0.6 is 15.9 Å². The van der Waals surface area contributed by atoms with E-state index < -0.39 is 5.97 Å². The van der Waals surface area contributed by atoms with Crippen molar-refractivity contribution in [2.75, 3.05) is 0 Å². The number of esters is 1. The summed E-state index contributed by atoms with van der Waals surface area (Å²) < 4.78 is 25.8. The maximum Gasteiger partial charge on any atom is 0.363 e. The lowest BCUT2D eigenvalue weighted by atomic mass is 10.1. The fraction of sp³-hybridized carbons (Fsp3) is 0.0435. The molecule has 0 unspecified atom stereocenters. The number of cyclic esters (lactones) is 1. The van der Waals surface area contributed by atoms with E-state index in [-0.39, 0.29) is 24.0 Å². The number of hydrogen-bond acceptors (Lipinski definition) is 4. The van der Waals surface area contributed by atoms with E-state index in [1.54, 1.807) is 36.4 Å². The van der Waals surface area contributed by atoms with Crippen LogP contribution in [0.25, 0.3) is 6.08 Å². The third-order valence-corrected chi connectivity index (χ3v) is 4.74. The predicted octanol–water partition coefficient (Wildman–Crippen LogP) is 5.51. The van der Waals surface area contributed by atoms with Crippen molar-refractivity contribution in [3.05, 3.63) is 105 Å². The van der Waals surface area contributed by atoms with Crippen LogP contribution in [0.2, 0.25) is 0 Å². The van der Waals surface area contributed by atoms with E-state index >= 15 is 0 Å². The minimum atomic E-state index is -0.538.